The van der Waals surface area contributed by atoms with Crippen molar-refractivity contribution in [3.05, 3.63) is 12.2 Å². The molecule has 2 nitrogen and oxygen atoms in total. The summed E-state index contributed by atoms with van der Waals surface area (Å²) >= 11 is 0. The Morgan fingerprint density at radius 3 is 1.95 bits per heavy atom. The minimum Gasteiger partial charge on any atom is -0.469 e. The molecular weight excluding hydrogens is 236 g/mol. The molecule has 0 unspecified atom stereocenters. The minimum atomic E-state index is -0.0742. The SMILES string of the molecule is CCCC/C=C\CCCCCCCCCC(=O)OC. The fourth-order valence-electron chi connectivity index (χ4n) is 2.08. The lowest BCUT2D eigenvalue weighted by Crippen LogP contribution is -1.99. The molecule has 0 rings (SSSR count). The van der Waals surface area contributed by atoms with Gasteiger partial charge in [0.2, 0.25) is 0 Å². The molecule has 0 spiro atoms. The molecule has 0 aromatic rings. The van der Waals surface area contributed by atoms with E-state index in [2.05, 4.69) is 23.8 Å². The summed E-state index contributed by atoms with van der Waals surface area (Å²) in [5.41, 5.74) is 0. The first-order valence-corrected chi connectivity index (χ1v) is 8.03. The first kappa shape index (κ1) is 18.2. The van der Waals surface area contributed by atoms with Crippen LogP contribution in [0.5, 0.6) is 0 Å². The van der Waals surface area contributed by atoms with Gasteiger partial charge in [-0.25, -0.2) is 0 Å². The maximum atomic E-state index is 10.9. The number of carbonyl (C=O) groups excluding carboxylic acids is 1. The van der Waals surface area contributed by atoms with E-state index in [4.69, 9.17) is 0 Å². The molecular formula is C17H32O2. The highest BCUT2D eigenvalue weighted by Crippen LogP contribution is 2.10. The van der Waals surface area contributed by atoms with Gasteiger partial charge in [0.05, 0.1) is 7.11 Å². The van der Waals surface area contributed by atoms with E-state index in [1.54, 1.807) is 0 Å². The number of unbranched alkanes of at least 4 members (excludes halogenated alkanes) is 9. The van der Waals surface area contributed by atoms with Gasteiger partial charge in [-0.2, -0.15) is 0 Å². The maximum Gasteiger partial charge on any atom is 0.305 e. The smallest absolute Gasteiger partial charge is 0.305 e. The van der Waals surface area contributed by atoms with Gasteiger partial charge in [-0.15, -0.1) is 0 Å². The number of hydrogen-bond acceptors (Lipinski definition) is 2. The van der Waals surface area contributed by atoms with Gasteiger partial charge in [-0.3, -0.25) is 4.79 Å². The van der Waals surface area contributed by atoms with Gasteiger partial charge >= 0.3 is 5.97 Å². The highest BCUT2D eigenvalue weighted by atomic mass is 16.5. The van der Waals surface area contributed by atoms with Gasteiger partial charge in [-0.05, 0) is 25.7 Å². The Balaban J connectivity index is 3.06. The van der Waals surface area contributed by atoms with Crippen LogP contribution < -0.4 is 0 Å². The third-order valence-electron chi connectivity index (χ3n) is 3.37. The van der Waals surface area contributed by atoms with Crippen LogP contribution in [0.25, 0.3) is 0 Å². The van der Waals surface area contributed by atoms with Crippen LogP contribution in [0.4, 0.5) is 0 Å². The molecule has 0 saturated carbocycles. The molecule has 2 heteroatoms. The Kier molecular flexibility index (Phi) is 14.6. The molecule has 0 bridgehead atoms. The van der Waals surface area contributed by atoms with Crippen molar-refractivity contribution in [1.82, 2.24) is 0 Å². The number of rotatable bonds is 13. The van der Waals surface area contributed by atoms with Gasteiger partial charge in [-0.1, -0.05) is 64.0 Å². The zero-order chi connectivity index (χ0) is 14.2. The number of methoxy groups -OCH3 is 1. The summed E-state index contributed by atoms with van der Waals surface area (Å²) in [4.78, 5) is 10.9. The first-order valence-electron chi connectivity index (χ1n) is 8.03. The Labute approximate surface area is 119 Å². The lowest BCUT2D eigenvalue weighted by atomic mass is 10.1. The van der Waals surface area contributed by atoms with E-state index in [-0.39, 0.29) is 5.97 Å². The lowest BCUT2D eigenvalue weighted by Gasteiger charge is -2.01. The zero-order valence-electron chi connectivity index (χ0n) is 13.0. The zero-order valence-corrected chi connectivity index (χ0v) is 13.0. The van der Waals surface area contributed by atoms with E-state index < -0.39 is 0 Å². The summed E-state index contributed by atoms with van der Waals surface area (Å²) in [5.74, 6) is -0.0742. The largest absolute Gasteiger partial charge is 0.469 e. The molecule has 0 aromatic carbocycles. The van der Waals surface area contributed by atoms with Crippen LogP contribution in [-0.4, -0.2) is 13.1 Å². The summed E-state index contributed by atoms with van der Waals surface area (Å²) in [6.07, 6.45) is 19.1. The van der Waals surface area contributed by atoms with Crippen LogP contribution in [-0.2, 0) is 9.53 Å². The van der Waals surface area contributed by atoms with Crippen LogP contribution in [0.2, 0.25) is 0 Å². The van der Waals surface area contributed by atoms with Crippen LogP contribution in [0.15, 0.2) is 12.2 Å². The number of hydrogen-bond donors (Lipinski definition) is 0. The summed E-state index contributed by atoms with van der Waals surface area (Å²) in [6, 6.07) is 0. The summed E-state index contributed by atoms with van der Waals surface area (Å²) in [5, 5.41) is 0. The second-order valence-electron chi connectivity index (χ2n) is 5.20. The molecule has 0 saturated heterocycles. The standard InChI is InChI=1S/C17H32O2/c1-3-4-5-6-7-8-9-10-11-12-13-14-15-16-17(18)19-2/h6-7H,3-5,8-16H2,1-2H3/b7-6-. The second-order valence-corrected chi connectivity index (χ2v) is 5.20. The Morgan fingerprint density at radius 1 is 0.842 bits per heavy atom. The van der Waals surface area contributed by atoms with E-state index >= 15 is 0 Å². The monoisotopic (exact) mass is 268 g/mol. The Morgan fingerprint density at radius 2 is 1.37 bits per heavy atom. The summed E-state index contributed by atoms with van der Waals surface area (Å²) in [7, 11) is 1.46. The number of allylic oxidation sites excluding steroid dienone is 2. The molecule has 0 atom stereocenters. The van der Waals surface area contributed by atoms with E-state index in [0.29, 0.717) is 6.42 Å². The second kappa shape index (κ2) is 15.3. The Hall–Kier alpha value is -0.790. The molecule has 0 aliphatic heterocycles. The van der Waals surface area contributed by atoms with Gasteiger partial charge in [0.15, 0.2) is 0 Å². The van der Waals surface area contributed by atoms with Crippen molar-refractivity contribution in [2.45, 2.75) is 84.0 Å². The lowest BCUT2D eigenvalue weighted by molar-refractivity contribution is -0.140. The van der Waals surface area contributed by atoms with Crippen molar-refractivity contribution >= 4 is 5.97 Å². The molecule has 19 heavy (non-hydrogen) atoms. The van der Waals surface area contributed by atoms with Crippen molar-refractivity contribution < 1.29 is 9.53 Å². The van der Waals surface area contributed by atoms with Crippen molar-refractivity contribution in [2.75, 3.05) is 7.11 Å². The maximum absolute atomic E-state index is 10.9. The third kappa shape index (κ3) is 15.2. The molecule has 0 heterocycles. The van der Waals surface area contributed by atoms with Crippen LogP contribution in [0.3, 0.4) is 0 Å². The third-order valence-corrected chi connectivity index (χ3v) is 3.37. The van der Waals surface area contributed by atoms with E-state index in [9.17, 15) is 4.79 Å². The van der Waals surface area contributed by atoms with Crippen LogP contribution >= 0.6 is 0 Å². The number of ether oxygens (including phenoxy) is 1. The number of carbonyl (C=O) groups is 1. The van der Waals surface area contributed by atoms with Crippen LogP contribution in [0, 0.1) is 0 Å². The van der Waals surface area contributed by atoms with Crippen LogP contribution in [0.1, 0.15) is 84.0 Å². The molecule has 0 amide bonds. The van der Waals surface area contributed by atoms with E-state index in [1.165, 1.54) is 64.9 Å². The number of esters is 1. The predicted octanol–water partition coefficient (Wildman–Crippen LogP) is 5.42. The van der Waals surface area contributed by atoms with Crippen molar-refractivity contribution in [2.24, 2.45) is 0 Å². The van der Waals surface area contributed by atoms with Gasteiger partial charge in [0.25, 0.3) is 0 Å². The highest BCUT2D eigenvalue weighted by molar-refractivity contribution is 5.68. The predicted molar refractivity (Wildman–Crippen MR) is 82.2 cm³/mol. The molecule has 0 N–H and O–H groups in total. The average molecular weight is 268 g/mol. The molecule has 0 aliphatic carbocycles. The molecule has 0 fully saturated rings. The fourth-order valence-corrected chi connectivity index (χ4v) is 2.08. The summed E-state index contributed by atoms with van der Waals surface area (Å²) < 4.78 is 4.61. The van der Waals surface area contributed by atoms with Crippen molar-refractivity contribution in [3.8, 4) is 0 Å². The molecule has 0 aliphatic rings. The average Bonchev–Trinajstić information content (AvgIpc) is 2.43. The summed E-state index contributed by atoms with van der Waals surface area (Å²) in [6.45, 7) is 2.24. The normalized spacial score (nSPS) is 11.1. The van der Waals surface area contributed by atoms with Crippen molar-refractivity contribution in [3.63, 3.8) is 0 Å². The van der Waals surface area contributed by atoms with E-state index in [0.717, 1.165) is 12.8 Å². The van der Waals surface area contributed by atoms with Crippen molar-refractivity contribution in [1.29, 1.82) is 0 Å². The van der Waals surface area contributed by atoms with Gasteiger partial charge in [0.1, 0.15) is 0 Å². The minimum absolute atomic E-state index is 0.0742. The van der Waals surface area contributed by atoms with E-state index in [1.807, 2.05) is 0 Å². The quantitative estimate of drug-likeness (QED) is 0.253. The molecule has 112 valence electrons. The fraction of sp³-hybridized carbons (Fsp3) is 0.824. The Bertz CT molecular complexity index is 221. The topological polar surface area (TPSA) is 26.3 Å². The van der Waals surface area contributed by atoms with Gasteiger partial charge < -0.3 is 4.74 Å². The first-order chi connectivity index (χ1) is 9.31. The van der Waals surface area contributed by atoms with Gasteiger partial charge in [0, 0.05) is 6.42 Å². The molecule has 0 radical (unpaired) electrons. The molecule has 0 aromatic heterocycles. The highest BCUT2D eigenvalue weighted by Gasteiger charge is 1.98.